The lowest BCUT2D eigenvalue weighted by Crippen LogP contribution is -2.29. The molecule has 1 aromatic carbocycles. The van der Waals surface area contributed by atoms with Gasteiger partial charge in [-0.3, -0.25) is 4.79 Å². The first-order valence-corrected chi connectivity index (χ1v) is 7.35. The normalized spacial score (nSPS) is 12.5. The summed E-state index contributed by atoms with van der Waals surface area (Å²) in [6, 6.07) is 10.2. The van der Waals surface area contributed by atoms with E-state index in [1.807, 2.05) is 32.0 Å². The fraction of sp³-hybridized carbons (Fsp3) is 0.438. The largest absolute Gasteiger partial charge is 0.452 e. The maximum atomic E-state index is 12.0. The van der Waals surface area contributed by atoms with Crippen molar-refractivity contribution in [2.75, 3.05) is 11.9 Å². The third-order valence-electron chi connectivity index (χ3n) is 3.05. The molecule has 1 atom stereocenters. The number of benzene rings is 1. The number of rotatable bonds is 6. The monoisotopic (exact) mass is 322 g/mol. The fourth-order valence-corrected chi connectivity index (χ4v) is 2.59. The Labute approximate surface area is 123 Å². The molecule has 1 aromatic rings. The molecule has 0 N–H and O–H groups in total. The standard InChI is InChI=1S/C16H19BrO2/c1-4-10-19-15(18)16(2,3)11-14(12-17)13-8-6-5-7-9-13/h1,5-9,14H,10-12H2,2-3H3. The Kier molecular flexibility index (Phi) is 6.11. The first-order valence-electron chi connectivity index (χ1n) is 6.23. The van der Waals surface area contributed by atoms with Crippen LogP contribution in [0, 0.1) is 17.8 Å². The molecular weight excluding hydrogens is 304 g/mol. The van der Waals surface area contributed by atoms with Crippen molar-refractivity contribution >= 4 is 21.9 Å². The van der Waals surface area contributed by atoms with Crippen molar-refractivity contribution in [3.63, 3.8) is 0 Å². The number of ether oxygens (including phenoxy) is 1. The highest BCUT2D eigenvalue weighted by molar-refractivity contribution is 9.09. The molecule has 0 heterocycles. The van der Waals surface area contributed by atoms with Crippen LogP contribution in [0.15, 0.2) is 30.3 Å². The van der Waals surface area contributed by atoms with Crippen LogP contribution in [-0.4, -0.2) is 17.9 Å². The Morgan fingerprint density at radius 3 is 2.58 bits per heavy atom. The molecule has 19 heavy (non-hydrogen) atoms. The van der Waals surface area contributed by atoms with E-state index < -0.39 is 5.41 Å². The molecule has 0 radical (unpaired) electrons. The van der Waals surface area contributed by atoms with Crippen LogP contribution in [0.5, 0.6) is 0 Å². The van der Waals surface area contributed by atoms with Crippen LogP contribution in [0.2, 0.25) is 0 Å². The van der Waals surface area contributed by atoms with Crippen LogP contribution in [-0.2, 0) is 9.53 Å². The summed E-state index contributed by atoms with van der Waals surface area (Å²) >= 11 is 3.52. The zero-order valence-corrected chi connectivity index (χ0v) is 12.9. The summed E-state index contributed by atoms with van der Waals surface area (Å²) in [4.78, 5) is 12.0. The van der Waals surface area contributed by atoms with E-state index >= 15 is 0 Å². The van der Waals surface area contributed by atoms with Crippen LogP contribution in [0.3, 0.4) is 0 Å². The average Bonchev–Trinajstić information content (AvgIpc) is 2.43. The molecule has 1 unspecified atom stereocenters. The second-order valence-corrected chi connectivity index (χ2v) is 5.78. The molecule has 0 fully saturated rings. The number of halogens is 1. The predicted molar refractivity (Wildman–Crippen MR) is 81.2 cm³/mol. The summed E-state index contributed by atoms with van der Waals surface area (Å²) in [7, 11) is 0. The first-order chi connectivity index (χ1) is 9.01. The van der Waals surface area contributed by atoms with Crippen molar-refractivity contribution in [2.45, 2.75) is 26.2 Å². The number of carbonyl (C=O) groups is 1. The molecule has 0 aliphatic rings. The molecule has 2 nitrogen and oxygen atoms in total. The third-order valence-corrected chi connectivity index (χ3v) is 3.83. The van der Waals surface area contributed by atoms with Crippen LogP contribution in [0.25, 0.3) is 0 Å². The summed E-state index contributed by atoms with van der Waals surface area (Å²) in [5, 5.41) is 0.808. The van der Waals surface area contributed by atoms with Gasteiger partial charge in [0.15, 0.2) is 6.61 Å². The van der Waals surface area contributed by atoms with Gasteiger partial charge < -0.3 is 4.74 Å². The Bertz CT molecular complexity index is 446. The zero-order valence-electron chi connectivity index (χ0n) is 11.4. The van der Waals surface area contributed by atoms with Crippen molar-refractivity contribution in [3.8, 4) is 12.3 Å². The van der Waals surface area contributed by atoms with Gasteiger partial charge in [0.05, 0.1) is 5.41 Å². The highest BCUT2D eigenvalue weighted by Gasteiger charge is 2.32. The van der Waals surface area contributed by atoms with Crippen LogP contribution < -0.4 is 0 Å². The third kappa shape index (κ3) is 4.72. The van der Waals surface area contributed by atoms with Crippen molar-refractivity contribution in [1.82, 2.24) is 0 Å². The Morgan fingerprint density at radius 1 is 1.42 bits per heavy atom. The highest BCUT2D eigenvalue weighted by atomic mass is 79.9. The van der Waals surface area contributed by atoms with E-state index in [0.29, 0.717) is 6.42 Å². The van der Waals surface area contributed by atoms with Gasteiger partial charge in [-0.15, -0.1) is 6.42 Å². The second-order valence-electron chi connectivity index (χ2n) is 5.13. The van der Waals surface area contributed by atoms with E-state index in [1.165, 1.54) is 5.56 Å². The number of hydrogen-bond donors (Lipinski definition) is 0. The Morgan fingerprint density at radius 2 is 2.05 bits per heavy atom. The van der Waals surface area contributed by atoms with Gasteiger partial charge >= 0.3 is 5.97 Å². The highest BCUT2D eigenvalue weighted by Crippen LogP contribution is 2.33. The number of alkyl halides is 1. The number of hydrogen-bond acceptors (Lipinski definition) is 2. The molecule has 0 aliphatic carbocycles. The molecule has 0 amide bonds. The SMILES string of the molecule is C#CCOC(=O)C(C)(C)CC(CBr)c1ccccc1. The van der Waals surface area contributed by atoms with E-state index in [4.69, 9.17) is 11.2 Å². The lowest BCUT2D eigenvalue weighted by molar-refractivity contribution is -0.153. The average molecular weight is 323 g/mol. The van der Waals surface area contributed by atoms with Gasteiger partial charge in [0.25, 0.3) is 0 Å². The summed E-state index contributed by atoms with van der Waals surface area (Å²) in [5.74, 6) is 2.35. The van der Waals surface area contributed by atoms with Crippen molar-refractivity contribution < 1.29 is 9.53 Å². The van der Waals surface area contributed by atoms with Gasteiger partial charge in [-0.25, -0.2) is 0 Å². The van der Waals surface area contributed by atoms with E-state index in [-0.39, 0.29) is 18.5 Å². The number of terminal acetylenes is 1. The molecule has 0 aromatic heterocycles. The molecule has 1 rings (SSSR count). The Hall–Kier alpha value is -1.27. The van der Waals surface area contributed by atoms with Gasteiger partial charge in [-0.2, -0.15) is 0 Å². The minimum Gasteiger partial charge on any atom is -0.452 e. The van der Waals surface area contributed by atoms with Gasteiger partial charge in [0.2, 0.25) is 0 Å². The van der Waals surface area contributed by atoms with Crippen LogP contribution >= 0.6 is 15.9 Å². The molecular formula is C16H19BrO2. The van der Waals surface area contributed by atoms with Gasteiger partial charge in [0, 0.05) is 5.33 Å². The van der Waals surface area contributed by atoms with E-state index in [9.17, 15) is 4.79 Å². The van der Waals surface area contributed by atoms with Gasteiger partial charge in [-0.1, -0.05) is 52.2 Å². The number of carbonyl (C=O) groups excluding carboxylic acids is 1. The van der Waals surface area contributed by atoms with Crippen molar-refractivity contribution in [2.24, 2.45) is 5.41 Å². The quantitative estimate of drug-likeness (QED) is 0.453. The topological polar surface area (TPSA) is 26.3 Å². The molecule has 3 heteroatoms. The second kappa shape index (κ2) is 7.35. The number of esters is 1. The maximum Gasteiger partial charge on any atom is 0.312 e. The van der Waals surface area contributed by atoms with Crippen molar-refractivity contribution in [3.05, 3.63) is 35.9 Å². The summed E-state index contributed by atoms with van der Waals surface area (Å²) in [6.07, 6.45) is 5.82. The maximum absolute atomic E-state index is 12.0. The molecule has 0 bridgehead atoms. The minimum absolute atomic E-state index is 0.0343. The molecule has 0 aliphatic heterocycles. The molecule has 0 spiro atoms. The molecule has 0 saturated heterocycles. The van der Waals surface area contributed by atoms with E-state index in [2.05, 4.69) is 34.0 Å². The van der Waals surface area contributed by atoms with Crippen molar-refractivity contribution in [1.29, 1.82) is 0 Å². The summed E-state index contributed by atoms with van der Waals surface area (Å²) < 4.78 is 5.05. The summed E-state index contributed by atoms with van der Waals surface area (Å²) in [5.41, 5.74) is 0.669. The fourth-order valence-electron chi connectivity index (χ4n) is 1.99. The molecule has 0 saturated carbocycles. The first kappa shape index (κ1) is 15.8. The zero-order chi connectivity index (χ0) is 14.3. The smallest absolute Gasteiger partial charge is 0.312 e. The summed E-state index contributed by atoms with van der Waals surface area (Å²) in [6.45, 7) is 3.82. The van der Waals surface area contributed by atoms with E-state index in [1.54, 1.807) is 0 Å². The van der Waals surface area contributed by atoms with Crippen LogP contribution in [0.1, 0.15) is 31.7 Å². The minimum atomic E-state index is -0.550. The lowest BCUT2D eigenvalue weighted by atomic mass is 9.81. The lowest BCUT2D eigenvalue weighted by Gasteiger charge is -2.27. The van der Waals surface area contributed by atoms with Gasteiger partial charge in [0.1, 0.15) is 0 Å². The molecule has 102 valence electrons. The Balaban J connectivity index is 2.75. The van der Waals surface area contributed by atoms with Gasteiger partial charge in [-0.05, 0) is 31.7 Å². The van der Waals surface area contributed by atoms with Crippen LogP contribution in [0.4, 0.5) is 0 Å². The predicted octanol–water partition coefficient (Wildman–Crippen LogP) is 3.76. The van der Waals surface area contributed by atoms with E-state index in [0.717, 1.165) is 5.33 Å².